The van der Waals surface area contributed by atoms with Crippen LogP contribution in [0.2, 0.25) is 0 Å². The second kappa shape index (κ2) is 4.79. The zero-order valence-corrected chi connectivity index (χ0v) is 11.7. The third kappa shape index (κ3) is 2.09. The zero-order valence-electron chi connectivity index (χ0n) is 10.1. The third-order valence-electron chi connectivity index (χ3n) is 2.84. The largest absolute Gasteiger partial charge is 0.308 e. The molecule has 1 heterocycles. The van der Waals surface area contributed by atoms with Gasteiger partial charge in [-0.1, -0.05) is 0 Å². The van der Waals surface area contributed by atoms with Gasteiger partial charge in [0.25, 0.3) is 0 Å². The number of nitriles is 1. The van der Waals surface area contributed by atoms with Crippen molar-refractivity contribution in [2.45, 2.75) is 13.8 Å². The smallest absolute Gasteiger partial charge is 0.161 e. The minimum absolute atomic E-state index is 0.0422. The molecule has 2 rings (SSSR count). The van der Waals surface area contributed by atoms with Crippen molar-refractivity contribution >= 4 is 21.7 Å². The maximum atomic E-state index is 11.5. The summed E-state index contributed by atoms with van der Waals surface area (Å²) in [6, 6.07) is 11.1. The Hall–Kier alpha value is -1.86. The van der Waals surface area contributed by atoms with Crippen LogP contribution in [0.5, 0.6) is 0 Å². The highest BCUT2D eigenvalue weighted by molar-refractivity contribution is 9.10. The van der Waals surface area contributed by atoms with Crippen LogP contribution in [0.3, 0.4) is 0 Å². The van der Waals surface area contributed by atoms with E-state index in [1.807, 2.05) is 29.7 Å². The summed E-state index contributed by atoms with van der Waals surface area (Å²) < 4.78 is 2.77. The number of benzene rings is 1. The first-order valence-electron chi connectivity index (χ1n) is 5.44. The van der Waals surface area contributed by atoms with Crippen LogP contribution in [0.4, 0.5) is 0 Å². The molecular weight excluding hydrogens is 292 g/mol. The van der Waals surface area contributed by atoms with Gasteiger partial charge in [0.15, 0.2) is 5.78 Å². The molecule has 90 valence electrons. The molecule has 18 heavy (non-hydrogen) atoms. The van der Waals surface area contributed by atoms with Gasteiger partial charge in [-0.2, -0.15) is 5.26 Å². The number of Topliss-reactive ketones (excluding diaryl/α,β-unsaturated/α-hetero) is 1. The minimum Gasteiger partial charge on any atom is -0.308 e. The Balaban J connectivity index is 2.57. The van der Waals surface area contributed by atoms with Crippen molar-refractivity contribution in [3.8, 4) is 11.8 Å². The maximum Gasteiger partial charge on any atom is 0.161 e. The highest BCUT2D eigenvalue weighted by Gasteiger charge is 2.14. The molecule has 0 fully saturated rings. The first-order chi connectivity index (χ1) is 8.54. The number of hydrogen-bond donors (Lipinski definition) is 0. The average molecular weight is 303 g/mol. The number of halogens is 1. The predicted octanol–water partition coefficient (Wildman–Crippen LogP) is 3.62. The van der Waals surface area contributed by atoms with Crippen molar-refractivity contribution in [3.05, 3.63) is 51.8 Å². The maximum absolute atomic E-state index is 11.5. The molecule has 0 saturated heterocycles. The molecule has 0 aliphatic heterocycles. The van der Waals surface area contributed by atoms with Crippen LogP contribution in [0.25, 0.3) is 5.69 Å². The standard InChI is InChI=1S/C14H11BrN2O/c1-9-13(10(2)18)7-14(15)17(9)12-5-3-11(8-16)4-6-12/h3-7H,1-2H3. The Morgan fingerprint density at radius 3 is 2.39 bits per heavy atom. The van der Waals surface area contributed by atoms with E-state index in [2.05, 4.69) is 22.0 Å². The van der Waals surface area contributed by atoms with Gasteiger partial charge in [-0.05, 0) is 60.1 Å². The summed E-state index contributed by atoms with van der Waals surface area (Å²) in [4.78, 5) is 11.5. The molecule has 2 aromatic rings. The summed E-state index contributed by atoms with van der Waals surface area (Å²) in [5.41, 5.74) is 3.13. The fraction of sp³-hybridized carbons (Fsp3) is 0.143. The number of carbonyl (C=O) groups excluding carboxylic acids is 1. The molecule has 0 atom stereocenters. The molecule has 1 aromatic carbocycles. The molecule has 0 saturated carbocycles. The molecule has 0 unspecified atom stereocenters. The molecule has 0 aliphatic rings. The number of hydrogen-bond acceptors (Lipinski definition) is 2. The molecule has 0 spiro atoms. The van der Waals surface area contributed by atoms with E-state index in [4.69, 9.17) is 5.26 Å². The van der Waals surface area contributed by atoms with Crippen LogP contribution in [-0.4, -0.2) is 10.4 Å². The van der Waals surface area contributed by atoms with Crippen LogP contribution < -0.4 is 0 Å². The molecular formula is C14H11BrN2O. The van der Waals surface area contributed by atoms with Crippen LogP contribution in [0, 0.1) is 18.3 Å². The SMILES string of the molecule is CC(=O)c1cc(Br)n(-c2ccc(C#N)cc2)c1C. The number of nitrogens with zero attached hydrogens (tertiary/aromatic N) is 2. The Bertz CT molecular complexity index is 648. The van der Waals surface area contributed by atoms with Crippen molar-refractivity contribution in [2.75, 3.05) is 0 Å². The van der Waals surface area contributed by atoms with Gasteiger partial charge in [0.05, 0.1) is 16.2 Å². The summed E-state index contributed by atoms with van der Waals surface area (Å²) in [7, 11) is 0. The fourth-order valence-corrected chi connectivity index (χ4v) is 2.63. The van der Waals surface area contributed by atoms with Gasteiger partial charge < -0.3 is 4.57 Å². The number of rotatable bonds is 2. The van der Waals surface area contributed by atoms with E-state index in [1.165, 1.54) is 0 Å². The summed E-state index contributed by atoms with van der Waals surface area (Å²) >= 11 is 3.45. The molecule has 0 N–H and O–H groups in total. The molecule has 0 bridgehead atoms. The van der Waals surface area contributed by atoms with Crippen molar-refractivity contribution in [2.24, 2.45) is 0 Å². The zero-order chi connectivity index (χ0) is 13.3. The predicted molar refractivity (Wildman–Crippen MR) is 72.9 cm³/mol. The topological polar surface area (TPSA) is 45.8 Å². The van der Waals surface area contributed by atoms with Gasteiger partial charge in [0.1, 0.15) is 0 Å². The lowest BCUT2D eigenvalue weighted by molar-refractivity contribution is 0.101. The van der Waals surface area contributed by atoms with Gasteiger partial charge in [0, 0.05) is 16.9 Å². The van der Waals surface area contributed by atoms with Gasteiger partial charge >= 0.3 is 0 Å². The van der Waals surface area contributed by atoms with E-state index < -0.39 is 0 Å². The molecule has 4 heteroatoms. The third-order valence-corrected chi connectivity index (χ3v) is 3.42. The number of aromatic nitrogens is 1. The lowest BCUT2D eigenvalue weighted by Crippen LogP contribution is -2.00. The van der Waals surface area contributed by atoms with E-state index in [9.17, 15) is 4.79 Å². The lowest BCUT2D eigenvalue weighted by atomic mass is 10.2. The van der Waals surface area contributed by atoms with E-state index in [0.29, 0.717) is 11.1 Å². The molecule has 0 amide bonds. The van der Waals surface area contributed by atoms with Gasteiger partial charge in [-0.3, -0.25) is 4.79 Å². The molecule has 3 nitrogen and oxygen atoms in total. The monoisotopic (exact) mass is 302 g/mol. The van der Waals surface area contributed by atoms with Crippen molar-refractivity contribution in [1.82, 2.24) is 4.57 Å². The Morgan fingerprint density at radius 2 is 1.94 bits per heavy atom. The first-order valence-corrected chi connectivity index (χ1v) is 6.23. The van der Waals surface area contributed by atoms with Crippen LogP contribution in [0.1, 0.15) is 28.5 Å². The second-order valence-corrected chi connectivity index (χ2v) is 4.83. The molecule has 0 radical (unpaired) electrons. The van der Waals surface area contributed by atoms with E-state index in [-0.39, 0.29) is 5.78 Å². The van der Waals surface area contributed by atoms with Gasteiger partial charge in [-0.25, -0.2) is 0 Å². The minimum atomic E-state index is 0.0422. The van der Waals surface area contributed by atoms with Crippen molar-refractivity contribution in [3.63, 3.8) is 0 Å². The Kier molecular flexibility index (Phi) is 3.35. The Labute approximate surface area is 114 Å². The van der Waals surface area contributed by atoms with E-state index in [0.717, 1.165) is 16.0 Å². The summed E-state index contributed by atoms with van der Waals surface area (Å²) in [5, 5.41) is 8.77. The van der Waals surface area contributed by atoms with Gasteiger partial charge in [0.2, 0.25) is 0 Å². The Morgan fingerprint density at radius 1 is 1.33 bits per heavy atom. The van der Waals surface area contributed by atoms with Crippen LogP contribution >= 0.6 is 15.9 Å². The highest BCUT2D eigenvalue weighted by Crippen LogP contribution is 2.25. The fourth-order valence-electron chi connectivity index (χ4n) is 1.93. The number of ketones is 1. The van der Waals surface area contributed by atoms with E-state index in [1.54, 1.807) is 19.1 Å². The second-order valence-electron chi connectivity index (χ2n) is 4.02. The average Bonchev–Trinajstić information content (AvgIpc) is 2.65. The van der Waals surface area contributed by atoms with E-state index >= 15 is 0 Å². The van der Waals surface area contributed by atoms with Crippen LogP contribution in [-0.2, 0) is 0 Å². The first kappa shape index (κ1) is 12.6. The lowest BCUT2D eigenvalue weighted by Gasteiger charge is -2.08. The summed E-state index contributed by atoms with van der Waals surface area (Å²) in [6.07, 6.45) is 0. The van der Waals surface area contributed by atoms with Gasteiger partial charge in [-0.15, -0.1) is 0 Å². The highest BCUT2D eigenvalue weighted by atomic mass is 79.9. The van der Waals surface area contributed by atoms with Crippen molar-refractivity contribution in [1.29, 1.82) is 5.26 Å². The molecule has 1 aromatic heterocycles. The summed E-state index contributed by atoms with van der Waals surface area (Å²) in [5.74, 6) is 0.0422. The number of carbonyl (C=O) groups is 1. The van der Waals surface area contributed by atoms with Crippen molar-refractivity contribution < 1.29 is 4.79 Å². The van der Waals surface area contributed by atoms with Crippen LogP contribution in [0.15, 0.2) is 34.9 Å². The molecule has 0 aliphatic carbocycles. The quantitative estimate of drug-likeness (QED) is 0.795. The summed E-state index contributed by atoms with van der Waals surface area (Å²) in [6.45, 7) is 3.46. The normalized spacial score (nSPS) is 10.1.